The third kappa shape index (κ3) is 5.88. The molecule has 3 rings (SSSR count). The molecule has 0 aromatic heterocycles. The minimum atomic E-state index is -3.38. The van der Waals surface area contributed by atoms with E-state index in [1.165, 1.54) is 35.2 Å². The second-order valence-corrected chi connectivity index (χ2v) is 6.53. The predicted molar refractivity (Wildman–Crippen MR) is 105 cm³/mol. The van der Waals surface area contributed by atoms with Crippen molar-refractivity contribution in [2.75, 3.05) is 4.90 Å². The third-order valence-corrected chi connectivity index (χ3v) is 4.45. The maximum absolute atomic E-state index is 14.3. The van der Waals surface area contributed by atoms with Crippen LogP contribution in [-0.4, -0.2) is 24.3 Å². The molecule has 5 nitrogen and oxygen atoms in total. The lowest BCUT2D eigenvalue weighted by atomic mass is 10.1. The molecule has 0 heterocycles. The zero-order chi connectivity index (χ0) is 24.1. The van der Waals surface area contributed by atoms with Crippen molar-refractivity contribution in [3.63, 3.8) is 0 Å². The summed E-state index contributed by atoms with van der Waals surface area (Å²) in [5, 5.41) is 9.27. The molecule has 0 saturated heterocycles. The number of nitrogens with zero attached hydrogens (tertiary/aromatic N) is 1. The number of alkyl halides is 4. The van der Waals surface area contributed by atoms with Crippen molar-refractivity contribution < 1.29 is 45.7 Å². The number of rotatable bonds is 9. The van der Waals surface area contributed by atoms with Gasteiger partial charge < -0.3 is 19.5 Å². The van der Waals surface area contributed by atoms with E-state index in [0.717, 1.165) is 30.3 Å². The van der Waals surface area contributed by atoms with Gasteiger partial charge in [0, 0.05) is 23.0 Å². The molecule has 0 aliphatic heterocycles. The first-order valence-electron chi connectivity index (χ1n) is 9.23. The molecule has 0 bridgehead atoms. The van der Waals surface area contributed by atoms with Crippen LogP contribution in [0.4, 0.5) is 37.7 Å². The molecule has 33 heavy (non-hydrogen) atoms. The Labute approximate surface area is 183 Å². The third-order valence-electron chi connectivity index (χ3n) is 4.45. The fourth-order valence-electron chi connectivity index (χ4n) is 3.03. The average Bonchev–Trinajstić information content (AvgIpc) is 2.74. The Morgan fingerprint density at radius 3 is 2.00 bits per heavy atom. The largest absolute Gasteiger partial charge is 0.478 e. The van der Waals surface area contributed by atoms with Gasteiger partial charge in [0.1, 0.15) is 11.6 Å². The van der Waals surface area contributed by atoms with Gasteiger partial charge in [0.25, 0.3) is 0 Å². The molecule has 0 aliphatic carbocycles. The second-order valence-electron chi connectivity index (χ2n) is 6.53. The number of benzene rings is 3. The summed E-state index contributed by atoms with van der Waals surface area (Å²) in [6, 6.07) is 11.4. The van der Waals surface area contributed by atoms with Gasteiger partial charge in [0.2, 0.25) is 0 Å². The topological polar surface area (TPSA) is 59.0 Å². The van der Waals surface area contributed by atoms with Crippen molar-refractivity contribution in [2.45, 2.75) is 19.8 Å². The molecule has 0 atom stereocenters. The zero-order valence-electron chi connectivity index (χ0n) is 16.5. The van der Waals surface area contributed by atoms with Crippen LogP contribution < -0.4 is 14.4 Å². The molecule has 0 radical (unpaired) electrons. The van der Waals surface area contributed by atoms with Crippen LogP contribution in [0.25, 0.3) is 0 Å². The highest BCUT2D eigenvalue weighted by molar-refractivity contribution is 5.89. The van der Waals surface area contributed by atoms with Crippen LogP contribution in [0.5, 0.6) is 11.5 Å². The number of carboxylic acid groups (broad SMARTS) is 1. The molecule has 0 fully saturated rings. The minimum absolute atomic E-state index is 0.0162. The Kier molecular flexibility index (Phi) is 7.31. The van der Waals surface area contributed by atoms with Crippen molar-refractivity contribution in [1.82, 2.24) is 0 Å². The van der Waals surface area contributed by atoms with Crippen molar-refractivity contribution >= 4 is 17.3 Å². The molecule has 0 amide bonds. The highest BCUT2D eigenvalue weighted by Gasteiger charge is 2.21. The predicted octanol–water partition coefficient (Wildman–Crippen LogP) is 6.20. The number of ether oxygens (including phenoxy) is 2. The van der Waals surface area contributed by atoms with Crippen LogP contribution in [-0.2, 0) is 6.54 Å². The van der Waals surface area contributed by atoms with Gasteiger partial charge in [0.15, 0.2) is 11.5 Å². The smallest absolute Gasteiger partial charge is 0.387 e. The Morgan fingerprint density at radius 2 is 1.39 bits per heavy atom. The molecule has 1 N–H and O–H groups in total. The van der Waals surface area contributed by atoms with Crippen LogP contribution in [0.15, 0.2) is 60.7 Å². The number of hydrogen-bond donors (Lipinski definition) is 1. The summed E-state index contributed by atoms with van der Waals surface area (Å²) in [7, 11) is 0. The number of aromatic carboxylic acids is 1. The Balaban J connectivity index is 2.14. The van der Waals surface area contributed by atoms with Crippen LogP contribution in [0.1, 0.15) is 15.9 Å². The van der Waals surface area contributed by atoms with Crippen molar-refractivity contribution in [2.24, 2.45) is 0 Å². The van der Waals surface area contributed by atoms with Gasteiger partial charge in [-0.2, -0.15) is 17.6 Å². The molecule has 0 saturated carbocycles. The van der Waals surface area contributed by atoms with Gasteiger partial charge in [-0.05, 0) is 42.5 Å². The van der Waals surface area contributed by atoms with E-state index in [0.29, 0.717) is 0 Å². The van der Waals surface area contributed by atoms with Gasteiger partial charge in [0.05, 0.1) is 12.1 Å². The molecular weight excluding hydrogens is 456 g/mol. The summed E-state index contributed by atoms with van der Waals surface area (Å²) >= 11 is 0. The first-order chi connectivity index (χ1) is 15.7. The first kappa shape index (κ1) is 23.8. The molecule has 0 unspecified atom stereocenters. The fourth-order valence-corrected chi connectivity index (χ4v) is 3.03. The number of carbonyl (C=O) groups is 1. The summed E-state index contributed by atoms with van der Waals surface area (Å²) < 4.78 is 88.1. The molecule has 3 aromatic carbocycles. The molecular formula is C22H15F6NO4. The van der Waals surface area contributed by atoms with Crippen LogP contribution in [0, 0.1) is 11.6 Å². The van der Waals surface area contributed by atoms with Gasteiger partial charge in [-0.25, -0.2) is 13.6 Å². The highest BCUT2D eigenvalue weighted by Crippen LogP contribution is 2.38. The summed E-state index contributed by atoms with van der Waals surface area (Å²) in [4.78, 5) is 12.6. The summed E-state index contributed by atoms with van der Waals surface area (Å²) in [6.07, 6.45) is 0. The van der Waals surface area contributed by atoms with Crippen molar-refractivity contribution in [3.05, 3.63) is 83.4 Å². The number of carboxylic acids is 1. The summed E-state index contributed by atoms with van der Waals surface area (Å²) in [5.41, 5.74) is -0.448. The molecule has 0 spiro atoms. The standard InChI is InChI=1S/C22H15F6NO4/c23-16-5-2-6-17(24)15(16)11-29(13-4-1-3-12(9-13)20(30)31)14-7-8-18(32-21(25)26)19(10-14)33-22(27)28/h1-10,21-22H,11H2,(H,30,31). The Bertz CT molecular complexity index is 1120. The maximum atomic E-state index is 14.3. The SMILES string of the molecule is O=C(O)c1cccc(N(Cc2c(F)cccc2F)c2ccc(OC(F)F)c(OC(F)F)c2)c1. The number of hydrogen-bond acceptors (Lipinski definition) is 4. The lowest BCUT2D eigenvalue weighted by Crippen LogP contribution is -2.19. The first-order valence-corrected chi connectivity index (χ1v) is 9.23. The normalized spacial score (nSPS) is 11.0. The average molecular weight is 471 g/mol. The quantitative estimate of drug-likeness (QED) is 0.377. The van der Waals surface area contributed by atoms with E-state index in [4.69, 9.17) is 0 Å². The molecule has 3 aromatic rings. The number of anilines is 2. The van der Waals surface area contributed by atoms with E-state index >= 15 is 0 Å². The van der Waals surface area contributed by atoms with Crippen LogP contribution >= 0.6 is 0 Å². The van der Waals surface area contributed by atoms with E-state index < -0.39 is 54.4 Å². The van der Waals surface area contributed by atoms with E-state index in [1.54, 1.807) is 0 Å². The fraction of sp³-hybridized carbons (Fsp3) is 0.136. The van der Waals surface area contributed by atoms with E-state index in [-0.39, 0.29) is 16.9 Å². The van der Waals surface area contributed by atoms with E-state index in [1.807, 2.05) is 0 Å². The van der Waals surface area contributed by atoms with Gasteiger partial charge in [-0.15, -0.1) is 0 Å². The van der Waals surface area contributed by atoms with E-state index in [9.17, 15) is 36.2 Å². The van der Waals surface area contributed by atoms with Crippen LogP contribution in [0.2, 0.25) is 0 Å². The minimum Gasteiger partial charge on any atom is -0.478 e. The second kappa shape index (κ2) is 10.2. The molecule has 0 aliphatic rings. The van der Waals surface area contributed by atoms with Crippen molar-refractivity contribution in [1.29, 1.82) is 0 Å². The van der Waals surface area contributed by atoms with Gasteiger partial charge >= 0.3 is 19.2 Å². The summed E-state index contributed by atoms with van der Waals surface area (Å²) in [6.45, 7) is -7.20. The van der Waals surface area contributed by atoms with Gasteiger partial charge in [-0.3, -0.25) is 0 Å². The Hall–Kier alpha value is -3.89. The molecule has 11 heteroatoms. The van der Waals surface area contributed by atoms with E-state index in [2.05, 4.69) is 9.47 Å². The summed E-state index contributed by atoms with van der Waals surface area (Å²) in [5.74, 6) is -4.54. The maximum Gasteiger partial charge on any atom is 0.387 e. The number of halogens is 6. The lowest BCUT2D eigenvalue weighted by Gasteiger charge is -2.27. The monoisotopic (exact) mass is 471 g/mol. The molecule has 174 valence electrons. The zero-order valence-corrected chi connectivity index (χ0v) is 16.5. The van der Waals surface area contributed by atoms with Crippen molar-refractivity contribution in [3.8, 4) is 11.5 Å². The van der Waals surface area contributed by atoms with Gasteiger partial charge in [-0.1, -0.05) is 12.1 Å². The highest BCUT2D eigenvalue weighted by atomic mass is 19.3. The lowest BCUT2D eigenvalue weighted by molar-refractivity contribution is -0.0692. The van der Waals surface area contributed by atoms with Crippen LogP contribution in [0.3, 0.4) is 0 Å². The Morgan fingerprint density at radius 1 is 0.818 bits per heavy atom.